The molecule has 1 aliphatic rings. The molecule has 0 radical (unpaired) electrons. The molecule has 0 atom stereocenters. The van der Waals surface area contributed by atoms with Crippen LogP contribution in [0.1, 0.15) is 0 Å². The number of nitrogens with one attached hydrogen (secondary N) is 1. The van der Waals surface area contributed by atoms with Gasteiger partial charge in [-0.05, 0) is 24.3 Å². The number of anilines is 2. The molecule has 27 heavy (non-hydrogen) atoms. The highest BCUT2D eigenvalue weighted by Crippen LogP contribution is 2.21. The van der Waals surface area contributed by atoms with Crippen molar-refractivity contribution in [3.63, 3.8) is 0 Å². The third kappa shape index (κ3) is 4.95. The standard InChI is InChI=1S/C19H22N4O4/c1-27-18-4-2-3-15(13-18)20-19(24)14-21-9-11-22(12-10-21)16-5-7-17(8-6-16)23(25)26/h2-8,13H,9-12,14H2,1H3,(H,20,24). The maximum absolute atomic E-state index is 12.3. The second kappa shape index (κ2) is 8.50. The molecule has 0 aliphatic carbocycles. The van der Waals surface area contributed by atoms with Gasteiger partial charge in [0.15, 0.2) is 0 Å². The lowest BCUT2D eigenvalue weighted by molar-refractivity contribution is -0.384. The Labute approximate surface area is 157 Å². The predicted molar refractivity (Wildman–Crippen MR) is 103 cm³/mol. The van der Waals surface area contributed by atoms with Gasteiger partial charge in [-0.15, -0.1) is 0 Å². The summed E-state index contributed by atoms with van der Waals surface area (Å²) in [7, 11) is 1.59. The summed E-state index contributed by atoms with van der Waals surface area (Å²) in [5, 5.41) is 13.6. The van der Waals surface area contributed by atoms with Gasteiger partial charge in [-0.3, -0.25) is 19.8 Å². The zero-order valence-corrected chi connectivity index (χ0v) is 15.1. The number of nitro groups is 1. The summed E-state index contributed by atoms with van der Waals surface area (Å²) in [6.07, 6.45) is 0. The molecular formula is C19H22N4O4. The fourth-order valence-electron chi connectivity index (χ4n) is 3.05. The molecular weight excluding hydrogens is 348 g/mol. The number of nitrogens with zero attached hydrogens (tertiary/aromatic N) is 3. The molecule has 1 N–H and O–H groups in total. The zero-order valence-electron chi connectivity index (χ0n) is 15.1. The average molecular weight is 370 g/mol. The molecule has 1 heterocycles. The molecule has 142 valence electrons. The number of non-ortho nitro benzene ring substituents is 1. The Kier molecular flexibility index (Phi) is 5.87. The van der Waals surface area contributed by atoms with Crippen molar-refractivity contribution in [3.8, 4) is 5.75 Å². The van der Waals surface area contributed by atoms with Crippen molar-refractivity contribution >= 4 is 23.0 Å². The number of piperazine rings is 1. The second-order valence-corrected chi connectivity index (χ2v) is 6.32. The molecule has 2 aromatic rings. The van der Waals surface area contributed by atoms with Gasteiger partial charge in [0.25, 0.3) is 5.69 Å². The van der Waals surface area contributed by atoms with Crippen molar-refractivity contribution in [2.75, 3.05) is 50.1 Å². The van der Waals surface area contributed by atoms with E-state index in [-0.39, 0.29) is 11.6 Å². The quantitative estimate of drug-likeness (QED) is 0.620. The molecule has 0 spiro atoms. The number of amides is 1. The summed E-state index contributed by atoms with van der Waals surface area (Å²) < 4.78 is 5.16. The van der Waals surface area contributed by atoms with Crippen LogP contribution >= 0.6 is 0 Å². The molecule has 0 bridgehead atoms. The van der Waals surface area contributed by atoms with E-state index in [0.717, 1.165) is 31.9 Å². The molecule has 1 saturated heterocycles. The van der Waals surface area contributed by atoms with Crippen LogP contribution in [0.3, 0.4) is 0 Å². The summed E-state index contributed by atoms with van der Waals surface area (Å²) in [4.78, 5) is 26.9. The van der Waals surface area contributed by atoms with Crippen LogP contribution in [0, 0.1) is 10.1 Å². The van der Waals surface area contributed by atoms with E-state index in [9.17, 15) is 14.9 Å². The van der Waals surface area contributed by atoms with Gasteiger partial charge in [0, 0.05) is 55.8 Å². The number of benzene rings is 2. The number of carbonyl (C=O) groups excluding carboxylic acids is 1. The van der Waals surface area contributed by atoms with Gasteiger partial charge in [0.1, 0.15) is 5.75 Å². The van der Waals surface area contributed by atoms with Gasteiger partial charge in [-0.2, -0.15) is 0 Å². The van der Waals surface area contributed by atoms with Crippen molar-refractivity contribution in [2.24, 2.45) is 0 Å². The van der Waals surface area contributed by atoms with Crippen molar-refractivity contribution in [1.82, 2.24) is 4.90 Å². The van der Waals surface area contributed by atoms with E-state index in [0.29, 0.717) is 18.0 Å². The maximum atomic E-state index is 12.3. The van der Waals surface area contributed by atoms with Gasteiger partial charge in [-0.25, -0.2) is 0 Å². The zero-order chi connectivity index (χ0) is 19.2. The van der Waals surface area contributed by atoms with E-state index in [1.54, 1.807) is 25.3 Å². The van der Waals surface area contributed by atoms with Crippen LogP contribution in [-0.4, -0.2) is 55.6 Å². The van der Waals surface area contributed by atoms with Crippen molar-refractivity contribution in [1.29, 1.82) is 0 Å². The fourth-order valence-corrected chi connectivity index (χ4v) is 3.05. The molecule has 1 amide bonds. The minimum Gasteiger partial charge on any atom is -0.497 e. The van der Waals surface area contributed by atoms with E-state index < -0.39 is 4.92 Å². The van der Waals surface area contributed by atoms with E-state index in [1.165, 1.54) is 12.1 Å². The fraction of sp³-hybridized carbons (Fsp3) is 0.316. The molecule has 0 aromatic heterocycles. The smallest absolute Gasteiger partial charge is 0.269 e. The molecule has 1 aliphatic heterocycles. The van der Waals surface area contributed by atoms with Gasteiger partial charge < -0.3 is 15.0 Å². The number of hydrogen-bond acceptors (Lipinski definition) is 6. The van der Waals surface area contributed by atoms with Gasteiger partial charge >= 0.3 is 0 Å². The molecule has 0 saturated carbocycles. The number of carbonyl (C=O) groups is 1. The van der Waals surface area contributed by atoms with E-state index in [4.69, 9.17) is 4.74 Å². The van der Waals surface area contributed by atoms with E-state index in [1.807, 2.05) is 18.2 Å². The lowest BCUT2D eigenvalue weighted by Crippen LogP contribution is -2.48. The number of ether oxygens (including phenoxy) is 1. The molecule has 8 heteroatoms. The Hall–Kier alpha value is -3.13. The van der Waals surface area contributed by atoms with Gasteiger partial charge in [0.2, 0.25) is 5.91 Å². The van der Waals surface area contributed by atoms with Gasteiger partial charge in [0.05, 0.1) is 18.6 Å². The monoisotopic (exact) mass is 370 g/mol. The molecule has 0 unspecified atom stereocenters. The van der Waals surface area contributed by atoms with Crippen LogP contribution in [0.4, 0.5) is 17.1 Å². The third-order valence-corrected chi connectivity index (χ3v) is 4.52. The highest BCUT2D eigenvalue weighted by atomic mass is 16.6. The Morgan fingerprint density at radius 1 is 1.15 bits per heavy atom. The number of methoxy groups -OCH3 is 1. The molecule has 8 nitrogen and oxygen atoms in total. The van der Waals surface area contributed by atoms with Gasteiger partial charge in [-0.1, -0.05) is 6.07 Å². The lowest BCUT2D eigenvalue weighted by atomic mass is 10.2. The summed E-state index contributed by atoms with van der Waals surface area (Å²) in [5.74, 6) is 0.636. The number of hydrogen-bond donors (Lipinski definition) is 1. The molecule has 1 fully saturated rings. The summed E-state index contributed by atoms with van der Waals surface area (Å²) >= 11 is 0. The van der Waals surface area contributed by atoms with E-state index in [2.05, 4.69) is 15.1 Å². The Balaban J connectivity index is 1.48. The van der Waals surface area contributed by atoms with Crippen molar-refractivity contribution in [2.45, 2.75) is 0 Å². The van der Waals surface area contributed by atoms with Crippen LogP contribution in [0.25, 0.3) is 0 Å². The summed E-state index contributed by atoms with van der Waals surface area (Å²) in [5.41, 5.74) is 1.76. The highest BCUT2D eigenvalue weighted by Gasteiger charge is 2.20. The number of nitro benzene ring substituents is 1. The van der Waals surface area contributed by atoms with Crippen LogP contribution < -0.4 is 15.0 Å². The van der Waals surface area contributed by atoms with Crippen LogP contribution in [0.5, 0.6) is 5.75 Å². The lowest BCUT2D eigenvalue weighted by Gasteiger charge is -2.35. The first-order chi connectivity index (χ1) is 13.0. The Morgan fingerprint density at radius 2 is 1.85 bits per heavy atom. The Morgan fingerprint density at radius 3 is 2.48 bits per heavy atom. The third-order valence-electron chi connectivity index (χ3n) is 4.52. The first-order valence-electron chi connectivity index (χ1n) is 8.71. The highest BCUT2D eigenvalue weighted by molar-refractivity contribution is 5.92. The first-order valence-corrected chi connectivity index (χ1v) is 8.71. The molecule has 2 aromatic carbocycles. The predicted octanol–water partition coefficient (Wildman–Crippen LogP) is 2.36. The van der Waals surface area contributed by atoms with Crippen molar-refractivity contribution < 1.29 is 14.5 Å². The molecule has 3 rings (SSSR count). The summed E-state index contributed by atoms with van der Waals surface area (Å²) in [6, 6.07) is 13.8. The maximum Gasteiger partial charge on any atom is 0.269 e. The van der Waals surface area contributed by atoms with E-state index >= 15 is 0 Å². The first kappa shape index (κ1) is 18.7. The van der Waals surface area contributed by atoms with Crippen LogP contribution in [0.15, 0.2) is 48.5 Å². The van der Waals surface area contributed by atoms with Crippen molar-refractivity contribution in [3.05, 3.63) is 58.6 Å². The summed E-state index contributed by atoms with van der Waals surface area (Å²) in [6.45, 7) is 3.37. The minimum absolute atomic E-state index is 0.0629. The number of rotatable bonds is 6. The SMILES string of the molecule is COc1cccc(NC(=O)CN2CCN(c3ccc([N+](=O)[O-])cc3)CC2)c1. The normalized spacial score (nSPS) is 14.6. The second-order valence-electron chi connectivity index (χ2n) is 6.32. The van der Waals surface area contributed by atoms with Crippen LogP contribution in [-0.2, 0) is 4.79 Å². The average Bonchev–Trinajstić information content (AvgIpc) is 2.68. The van der Waals surface area contributed by atoms with Crippen LogP contribution in [0.2, 0.25) is 0 Å². The Bertz CT molecular complexity index is 802. The largest absolute Gasteiger partial charge is 0.497 e. The topological polar surface area (TPSA) is 88.0 Å². The minimum atomic E-state index is -0.400.